The minimum Gasteiger partial charge on any atom is -0.246 e. The molecule has 4 aliphatic carbocycles. The Morgan fingerprint density at radius 2 is 1.15 bits per heavy atom. The topological polar surface area (TPSA) is 48.9 Å². The van der Waals surface area contributed by atoms with Gasteiger partial charge in [0.1, 0.15) is 0 Å². The summed E-state index contributed by atoms with van der Waals surface area (Å²) >= 11 is 0. The molecule has 0 spiro atoms. The van der Waals surface area contributed by atoms with Gasteiger partial charge in [-0.1, -0.05) is 36.5 Å². The van der Waals surface area contributed by atoms with Gasteiger partial charge in [0.25, 0.3) is 0 Å². The van der Waals surface area contributed by atoms with Gasteiger partial charge in [-0.25, -0.2) is 23.5 Å². The van der Waals surface area contributed by atoms with Crippen molar-refractivity contribution in [1.82, 2.24) is 13.9 Å². The quantitative estimate of drug-likeness (QED) is 0.648. The predicted octanol–water partition coefficient (Wildman–Crippen LogP) is 0.618. The second kappa shape index (κ2) is 3.16. The second-order valence-corrected chi connectivity index (χ2v) is 6.26. The third-order valence-electron chi connectivity index (χ3n) is 5.50. The zero-order valence-electron chi connectivity index (χ0n) is 11.1. The summed E-state index contributed by atoms with van der Waals surface area (Å²) in [6, 6.07) is 0.0163. The van der Waals surface area contributed by atoms with E-state index in [4.69, 9.17) is 0 Å². The Morgan fingerprint density at radius 1 is 0.750 bits per heavy atom. The van der Waals surface area contributed by atoms with Crippen molar-refractivity contribution in [3.8, 4) is 0 Å². The number of hydrogen-bond donors (Lipinski definition) is 0. The minimum absolute atomic E-state index is 0.00815. The van der Waals surface area contributed by atoms with Crippen LogP contribution in [0.25, 0.3) is 0 Å². The van der Waals surface area contributed by atoms with Crippen molar-refractivity contribution in [3.63, 3.8) is 0 Å². The highest BCUT2D eigenvalue weighted by atomic mass is 16.2. The summed E-state index contributed by atoms with van der Waals surface area (Å²) < 4.78 is 4.58. The summed E-state index contributed by atoms with van der Waals surface area (Å²) in [5.41, 5.74) is -0.385. The molecular weight excluding hydrogens is 254 g/mol. The molecule has 1 aromatic heterocycles. The van der Waals surface area contributed by atoms with Crippen LogP contribution in [-0.2, 0) is 7.05 Å². The number of aromatic nitrogens is 3. The lowest BCUT2D eigenvalue weighted by Crippen LogP contribution is -2.54. The first kappa shape index (κ1) is 10.7. The molecule has 4 atom stereocenters. The lowest BCUT2D eigenvalue weighted by Gasteiger charge is -2.53. The molecule has 0 N–H and O–H groups in total. The highest BCUT2D eigenvalue weighted by Gasteiger charge is 2.53. The maximum atomic E-state index is 12.3. The molecule has 5 heteroatoms. The van der Waals surface area contributed by atoms with Gasteiger partial charge >= 0.3 is 11.4 Å². The zero-order valence-corrected chi connectivity index (χ0v) is 11.1. The standard InChI is InChI=1S/C15H15N3O2/c1-16-14(19)17-10-6-7-11(18(17)15(16)20)13-9-3-2-8(4-5-9)12(10)13/h2-13H,1H3/t8?,9?,10-,11-,12+,13+/m0/s1. The maximum Gasteiger partial charge on any atom is 0.347 e. The van der Waals surface area contributed by atoms with E-state index in [1.165, 1.54) is 4.57 Å². The highest BCUT2D eigenvalue weighted by molar-refractivity contribution is 5.30. The van der Waals surface area contributed by atoms with Gasteiger partial charge in [0, 0.05) is 30.7 Å². The molecule has 102 valence electrons. The van der Waals surface area contributed by atoms with Crippen molar-refractivity contribution < 1.29 is 0 Å². The Morgan fingerprint density at radius 3 is 1.55 bits per heavy atom. The van der Waals surface area contributed by atoms with Gasteiger partial charge in [-0.15, -0.1) is 0 Å². The van der Waals surface area contributed by atoms with E-state index in [1.807, 2.05) is 0 Å². The smallest absolute Gasteiger partial charge is 0.246 e. The molecule has 5 nitrogen and oxygen atoms in total. The Balaban J connectivity index is 1.83. The van der Waals surface area contributed by atoms with Crippen LogP contribution in [0.4, 0.5) is 0 Å². The largest absolute Gasteiger partial charge is 0.347 e. The van der Waals surface area contributed by atoms with E-state index in [2.05, 4.69) is 36.5 Å². The van der Waals surface area contributed by atoms with Crippen molar-refractivity contribution in [2.45, 2.75) is 12.1 Å². The van der Waals surface area contributed by atoms with Crippen molar-refractivity contribution in [3.05, 3.63) is 57.4 Å². The fraction of sp³-hybridized carbons (Fsp3) is 0.467. The lowest BCUT2D eigenvalue weighted by molar-refractivity contribution is 0.0478. The van der Waals surface area contributed by atoms with E-state index >= 15 is 0 Å². The van der Waals surface area contributed by atoms with E-state index in [0.29, 0.717) is 23.7 Å². The van der Waals surface area contributed by atoms with E-state index in [1.54, 1.807) is 16.4 Å². The third-order valence-corrected chi connectivity index (χ3v) is 5.50. The monoisotopic (exact) mass is 269 g/mol. The van der Waals surface area contributed by atoms with Crippen molar-refractivity contribution in [1.29, 1.82) is 0 Å². The fourth-order valence-electron chi connectivity index (χ4n) is 4.67. The Kier molecular flexibility index (Phi) is 1.69. The van der Waals surface area contributed by atoms with Crippen molar-refractivity contribution >= 4 is 0 Å². The molecule has 0 fully saturated rings. The number of nitrogens with zero attached hydrogens (tertiary/aromatic N) is 3. The average molecular weight is 269 g/mol. The van der Waals surface area contributed by atoms with Gasteiger partial charge in [-0.05, 0) is 0 Å². The van der Waals surface area contributed by atoms with Crippen LogP contribution in [0.15, 0.2) is 46.0 Å². The molecule has 0 aromatic carbocycles. The second-order valence-electron chi connectivity index (χ2n) is 6.26. The van der Waals surface area contributed by atoms with Crippen LogP contribution in [0.3, 0.4) is 0 Å². The van der Waals surface area contributed by atoms with Gasteiger partial charge in [0.15, 0.2) is 0 Å². The SMILES string of the molecule is Cn1c(=O)n2n(c1=O)[C@H]1C=C[C@H]2[C@H]2C3C=CC(C=C3)[C@@H]21. The summed E-state index contributed by atoms with van der Waals surface area (Å²) in [4.78, 5) is 24.7. The Labute approximate surface area is 115 Å². The van der Waals surface area contributed by atoms with Crippen LogP contribution in [-0.4, -0.2) is 13.9 Å². The van der Waals surface area contributed by atoms with Gasteiger partial charge in [0.05, 0.1) is 12.1 Å². The molecule has 0 amide bonds. The lowest BCUT2D eigenvalue weighted by atomic mass is 9.58. The molecule has 0 unspecified atom stereocenters. The van der Waals surface area contributed by atoms with Crippen LogP contribution in [0.1, 0.15) is 12.1 Å². The molecule has 3 heterocycles. The molecule has 0 radical (unpaired) electrons. The molecule has 7 rings (SSSR count). The van der Waals surface area contributed by atoms with Gasteiger partial charge < -0.3 is 0 Å². The summed E-state index contributed by atoms with van der Waals surface area (Å²) in [6.45, 7) is 0. The number of allylic oxidation sites excluding steroid dienone is 6. The number of hydrogen-bond acceptors (Lipinski definition) is 2. The van der Waals surface area contributed by atoms with Crippen LogP contribution in [0.2, 0.25) is 0 Å². The first-order valence-corrected chi connectivity index (χ1v) is 7.13. The average Bonchev–Trinajstić information content (AvgIpc) is 2.75. The maximum absolute atomic E-state index is 12.3. The first-order chi connectivity index (χ1) is 9.68. The molecule has 0 saturated heterocycles. The van der Waals surface area contributed by atoms with Crippen LogP contribution in [0.5, 0.6) is 0 Å². The van der Waals surface area contributed by atoms with Gasteiger partial charge in [-0.3, -0.25) is 0 Å². The van der Waals surface area contributed by atoms with Gasteiger partial charge in [-0.2, -0.15) is 0 Å². The van der Waals surface area contributed by atoms with E-state index < -0.39 is 0 Å². The predicted molar refractivity (Wildman–Crippen MR) is 73.4 cm³/mol. The Bertz CT molecular complexity index is 742. The van der Waals surface area contributed by atoms with E-state index in [0.717, 1.165) is 0 Å². The van der Waals surface area contributed by atoms with E-state index in [9.17, 15) is 9.59 Å². The van der Waals surface area contributed by atoms with Crippen LogP contribution < -0.4 is 11.4 Å². The van der Waals surface area contributed by atoms with Crippen LogP contribution in [0, 0.1) is 23.7 Å². The van der Waals surface area contributed by atoms with Crippen LogP contribution >= 0.6 is 0 Å². The summed E-state index contributed by atoms with van der Waals surface area (Å²) in [5, 5.41) is 0. The zero-order chi connectivity index (χ0) is 13.6. The fourth-order valence-corrected chi connectivity index (χ4v) is 4.67. The highest BCUT2D eigenvalue weighted by Crippen LogP contribution is 2.55. The molecular formula is C15H15N3O2. The molecule has 20 heavy (non-hydrogen) atoms. The molecule has 4 bridgehead atoms. The van der Waals surface area contributed by atoms with Gasteiger partial charge in [0.2, 0.25) is 0 Å². The first-order valence-electron chi connectivity index (χ1n) is 7.13. The molecule has 2 aliphatic heterocycles. The Hall–Kier alpha value is -2.04. The molecule has 0 saturated carbocycles. The summed E-state index contributed by atoms with van der Waals surface area (Å²) in [5.74, 6) is 1.59. The van der Waals surface area contributed by atoms with Crippen molar-refractivity contribution in [2.24, 2.45) is 30.7 Å². The summed E-state index contributed by atoms with van der Waals surface area (Å²) in [7, 11) is 1.57. The summed E-state index contributed by atoms with van der Waals surface area (Å²) in [6.07, 6.45) is 13.3. The number of rotatable bonds is 0. The normalized spacial score (nSPS) is 42.0. The minimum atomic E-state index is -0.192. The molecule has 1 aromatic rings. The molecule has 6 aliphatic rings. The third kappa shape index (κ3) is 0.961. The van der Waals surface area contributed by atoms with Crippen molar-refractivity contribution in [2.75, 3.05) is 0 Å². The van der Waals surface area contributed by atoms with E-state index in [-0.39, 0.29) is 23.5 Å².